The Morgan fingerprint density at radius 1 is 1.54 bits per heavy atom. The maximum atomic E-state index is 5.18. The molecule has 68 valence electrons. The van der Waals surface area contributed by atoms with Gasteiger partial charge in [-0.3, -0.25) is 0 Å². The Labute approximate surface area is 80.4 Å². The van der Waals surface area contributed by atoms with Crippen molar-refractivity contribution in [2.24, 2.45) is 0 Å². The van der Waals surface area contributed by atoms with Crippen LogP contribution in [0.15, 0.2) is 22.1 Å². The van der Waals surface area contributed by atoms with Crippen LogP contribution in [-0.4, -0.2) is 12.0 Å². The van der Waals surface area contributed by atoms with Gasteiger partial charge in [0.1, 0.15) is 12.0 Å². The first-order valence-electron chi connectivity index (χ1n) is 3.99. The third-order valence-corrected chi connectivity index (χ3v) is 2.85. The van der Waals surface area contributed by atoms with E-state index in [1.807, 2.05) is 0 Å². The summed E-state index contributed by atoms with van der Waals surface area (Å²) >= 11 is 1.68. The molecule has 0 unspecified atom stereocenters. The molecule has 3 nitrogen and oxygen atoms in total. The Morgan fingerprint density at radius 2 is 2.38 bits per heavy atom. The minimum Gasteiger partial charge on any atom is -0.431 e. The molecule has 0 amide bonds. The lowest BCUT2D eigenvalue weighted by Gasteiger charge is -1.90. The van der Waals surface area contributed by atoms with Crippen LogP contribution in [0.2, 0.25) is 0 Å². The lowest BCUT2D eigenvalue weighted by molar-refractivity contribution is 0.576. The Kier molecular flexibility index (Phi) is 2.06. The summed E-state index contributed by atoms with van der Waals surface area (Å²) in [6.45, 7) is 2.07. The van der Waals surface area contributed by atoms with Crippen molar-refractivity contribution in [3.8, 4) is 10.6 Å². The van der Waals surface area contributed by atoms with Gasteiger partial charge in [0.2, 0.25) is 0 Å². The molecule has 1 N–H and O–H groups in total. The standard InChI is InChI=1S/C9H10N2OS/c1-6-3-4-13-8(6)7-5-12-9(10-2)11-7/h3-5H,1-2H3,(H,10,11). The highest BCUT2D eigenvalue weighted by molar-refractivity contribution is 7.13. The summed E-state index contributed by atoms with van der Waals surface area (Å²) in [6, 6.07) is 2.64. The van der Waals surface area contributed by atoms with Gasteiger partial charge in [0, 0.05) is 7.05 Å². The number of aromatic nitrogens is 1. The van der Waals surface area contributed by atoms with E-state index in [1.54, 1.807) is 24.6 Å². The zero-order chi connectivity index (χ0) is 9.26. The van der Waals surface area contributed by atoms with Gasteiger partial charge in [-0.1, -0.05) is 0 Å². The van der Waals surface area contributed by atoms with Crippen LogP contribution in [0.4, 0.5) is 6.01 Å². The van der Waals surface area contributed by atoms with Gasteiger partial charge in [0.05, 0.1) is 4.88 Å². The van der Waals surface area contributed by atoms with Crippen molar-refractivity contribution in [3.63, 3.8) is 0 Å². The summed E-state index contributed by atoms with van der Waals surface area (Å²) < 4.78 is 5.18. The van der Waals surface area contributed by atoms with Gasteiger partial charge in [-0.15, -0.1) is 11.3 Å². The monoisotopic (exact) mass is 194 g/mol. The number of aryl methyl sites for hydroxylation is 1. The van der Waals surface area contributed by atoms with E-state index in [9.17, 15) is 0 Å². The van der Waals surface area contributed by atoms with Gasteiger partial charge in [-0.25, -0.2) is 0 Å². The average molecular weight is 194 g/mol. The summed E-state index contributed by atoms with van der Waals surface area (Å²) in [6.07, 6.45) is 1.67. The van der Waals surface area contributed by atoms with E-state index in [-0.39, 0.29) is 0 Å². The molecular weight excluding hydrogens is 184 g/mol. The largest absolute Gasteiger partial charge is 0.431 e. The first kappa shape index (κ1) is 8.31. The topological polar surface area (TPSA) is 38.1 Å². The molecular formula is C9H10N2OS. The van der Waals surface area contributed by atoms with Gasteiger partial charge in [0.15, 0.2) is 0 Å². The highest BCUT2D eigenvalue weighted by Crippen LogP contribution is 2.28. The number of nitrogens with zero attached hydrogens (tertiary/aromatic N) is 1. The molecule has 2 heterocycles. The van der Waals surface area contributed by atoms with E-state index in [2.05, 4.69) is 28.7 Å². The van der Waals surface area contributed by atoms with Crippen molar-refractivity contribution in [1.82, 2.24) is 4.98 Å². The van der Waals surface area contributed by atoms with E-state index >= 15 is 0 Å². The van der Waals surface area contributed by atoms with Crippen molar-refractivity contribution < 1.29 is 4.42 Å². The maximum Gasteiger partial charge on any atom is 0.294 e. The van der Waals surface area contributed by atoms with Crippen LogP contribution in [-0.2, 0) is 0 Å². The molecule has 13 heavy (non-hydrogen) atoms. The second-order valence-corrected chi connectivity index (χ2v) is 3.64. The minimum absolute atomic E-state index is 0.558. The molecule has 2 aromatic heterocycles. The molecule has 0 spiro atoms. The molecule has 0 aliphatic heterocycles. The number of hydrogen-bond donors (Lipinski definition) is 1. The maximum absolute atomic E-state index is 5.18. The summed E-state index contributed by atoms with van der Waals surface area (Å²) in [5.41, 5.74) is 2.14. The molecule has 0 aliphatic rings. The molecule has 2 aromatic rings. The predicted octanol–water partition coefficient (Wildman–Crippen LogP) is 2.75. The predicted molar refractivity (Wildman–Crippen MR) is 54.1 cm³/mol. The van der Waals surface area contributed by atoms with Crippen LogP contribution in [0, 0.1) is 6.92 Å². The number of rotatable bonds is 2. The van der Waals surface area contributed by atoms with Crippen molar-refractivity contribution >= 4 is 17.4 Å². The normalized spacial score (nSPS) is 10.3. The van der Waals surface area contributed by atoms with E-state index in [0.29, 0.717) is 6.01 Å². The fourth-order valence-corrected chi connectivity index (χ4v) is 2.00. The zero-order valence-corrected chi connectivity index (χ0v) is 8.31. The lowest BCUT2D eigenvalue weighted by Crippen LogP contribution is -1.86. The van der Waals surface area contributed by atoms with Gasteiger partial charge in [-0.2, -0.15) is 4.98 Å². The molecule has 0 saturated heterocycles. The summed E-state index contributed by atoms with van der Waals surface area (Å²) in [4.78, 5) is 5.44. The van der Waals surface area contributed by atoms with Crippen LogP contribution in [0.25, 0.3) is 10.6 Å². The van der Waals surface area contributed by atoms with E-state index in [0.717, 1.165) is 5.69 Å². The number of oxazole rings is 1. The fraction of sp³-hybridized carbons (Fsp3) is 0.222. The Hall–Kier alpha value is -1.29. The number of hydrogen-bond acceptors (Lipinski definition) is 4. The second-order valence-electron chi connectivity index (χ2n) is 2.72. The fourth-order valence-electron chi connectivity index (χ4n) is 1.13. The zero-order valence-electron chi connectivity index (χ0n) is 7.50. The Bertz CT molecular complexity index is 405. The van der Waals surface area contributed by atoms with Gasteiger partial charge in [-0.05, 0) is 23.9 Å². The molecule has 4 heteroatoms. The summed E-state index contributed by atoms with van der Waals surface area (Å²) in [5, 5.41) is 4.91. The van der Waals surface area contributed by atoms with Crippen molar-refractivity contribution in [2.75, 3.05) is 12.4 Å². The molecule has 0 atom stereocenters. The minimum atomic E-state index is 0.558. The SMILES string of the molecule is CNc1nc(-c2sccc2C)co1. The van der Waals surface area contributed by atoms with Gasteiger partial charge in [0.25, 0.3) is 6.01 Å². The molecule has 0 fully saturated rings. The third kappa shape index (κ3) is 1.45. The Morgan fingerprint density at radius 3 is 2.92 bits per heavy atom. The number of anilines is 1. The lowest BCUT2D eigenvalue weighted by atomic mass is 10.2. The molecule has 0 aromatic carbocycles. The summed E-state index contributed by atoms with van der Waals surface area (Å²) in [7, 11) is 1.79. The molecule has 0 bridgehead atoms. The van der Waals surface area contributed by atoms with Crippen LogP contribution in [0.1, 0.15) is 5.56 Å². The van der Waals surface area contributed by atoms with E-state index < -0.39 is 0 Å². The van der Waals surface area contributed by atoms with Crippen LogP contribution < -0.4 is 5.32 Å². The molecule has 0 aliphatic carbocycles. The number of nitrogens with one attached hydrogen (secondary N) is 1. The third-order valence-electron chi connectivity index (χ3n) is 1.81. The quantitative estimate of drug-likeness (QED) is 0.798. The first-order valence-corrected chi connectivity index (χ1v) is 4.87. The second kappa shape index (κ2) is 3.22. The van der Waals surface area contributed by atoms with Gasteiger partial charge < -0.3 is 9.73 Å². The van der Waals surface area contributed by atoms with Gasteiger partial charge >= 0.3 is 0 Å². The highest BCUT2D eigenvalue weighted by atomic mass is 32.1. The summed E-state index contributed by atoms with van der Waals surface area (Å²) in [5.74, 6) is 0. The van der Waals surface area contributed by atoms with Crippen LogP contribution >= 0.6 is 11.3 Å². The van der Waals surface area contributed by atoms with Crippen LogP contribution in [0.3, 0.4) is 0 Å². The first-order chi connectivity index (χ1) is 6.31. The van der Waals surface area contributed by atoms with E-state index in [4.69, 9.17) is 4.42 Å². The molecule has 0 radical (unpaired) electrons. The van der Waals surface area contributed by atoms with Crippen LogP contribution in [0.5, 0.6) is 0 Å². The van der Waals surface area contributed by atoms with E-state index in [1.165, 1.54) is 10.4 Å². The Balaban J connectivity index is 2.41. The molecule has 2 rings (SSSR count). The van der Waals surface area contributed by atoms with Crippen molar-refractivity contribution in [2.45, 2.75) is 6.92 Å². The van der Waals surface area contributed by atoms with Crippen molar-refractivity contribution in [1.29, 1.82) is 0 Å². The molecule has 0 saturated carbocycles. The smallest absolute Gasteiger partial charge is 0.294 e. The number of thiophene rings is 1. The highest BCUT2D eigenvalue weighted by Gasteiger charge is 2.08. The average Bonchev–Trinajstić information content (AvgIpc) is 2.71. The van der Waals surface area contributed by atoms with Crippen molar-refractivity contribution in [3.05, 3.63) is 23.3 Å².